The topological polar surface area (TPSA) is 88.2 Å². The maximum atomic E-state index is 12.8. The summed E-state index contributed by atoms with van der Waals surface area (Å²) >= 11 is 0. The van der Waals surface area contributed by atoms with Gasteiger partial charge in [-0.2, -0.15) is 0 Å². The van der Waals surface area contributed by atoms with Crippen molar-refractivity contribution in [3.05, 3.63) is 42.5 Å². The Hall–Kier alpha value is -2.94. The highest BCUT2D eigenvalue weighted by molar-refractivity contribution is 7.92. The fourth-order valence-corrected chi connectivity index (χ4v) is 4.23. The predicted octanol–water partition coefficient (Wildman–Crippen LogP) is 3.16. The zero-order chi connectivity index (χ0) is 21.0. The molecule has 1 N–H and O–H groups in total. The number of nitrogens with one attached hydrogen (secondary N) is 1. The van der Waals surface area contributed by atoms with Crippen molar-refractivity contribution in [3.8, 4) is 11.5 Å². The van der Waals surface area contributed by atoms with E-state index in [1.165, 1.54) is 26.4 Å². The minimum Gasteiger partial charge on any atom is -0.497 e. The second-order valence-corrected chi connectivity index (χ2v) is 8.30. The molecule has 1 fully saturated rings. The normalized spacial score (nSPS) is 14.2. The molecule has 1 aliphatic heterocycles. The van der Waals surface area contributed by atoms with E-state index in [9.17, 15) is 13.2 Å². The molecule has 1 heterocycles. The molecule has 0 atom stereocenters. The molecule has 0 aliphatic carbocycles. The van der Waals surface area contributed by atoms with Gasteiger partial charge in [0.1, 0.15) is 11.5 Å². The lowest BCUT2D eigenvalue weighted by Gasteiger charge is -2.18. The lowest BCUT2D eigenvalue weighted by Crippen LogP contribution is -2.32. The van der Waals surface area contributed by atoms with Crippen LogP contribution in [0.4, 0.5) is 16.2 Å². The molecule has 0 radical (unpaired) electrons. The second-order valence-electron chi connectivity index (χ2n) is 6.62. The first-order valence-corrected chi connectivity index (χ1v) is 10.8. The number of nitrogens with zero attached hydrogens (tertiary/aromatic N) is 2. The van der Waals surface area contributed by atoms with Crippen LogP contribution < -0.4 is 19.1 Å². The summed E-state index contributed by atoms with van der Waals surface area (Å²) in [7, 11) is -0.825. The first-order valence-electron chi connectivity index (χ1n) is 9.30. The maximum absolute atomic E-state index is 12.8. The van der Waals surface area contributed by atoms with Gasteiger partial charge in [0.2, 0.25) is 0 Å². The van der Waals surface area contributed by atoms with Gasteiger partial charge in [0.25, 0.3) is 10.0 Å². The standard InChI is InChI=1S/C20H25N3O5S/c1-4-9-22-10-11-23(20(22)24)16-5-7-19(8-6-16)29(25,26)21-15-12-17(27-2)14-18(13-15)28-3/h5-8,12-14,21H,4,9-11H2,1-3H3. The van der Waals surface area contributed by atoms with Gasteiger partial charge >= 0.3 is 6.03 Å². The van der Waals surface area contributed by atoms with Crippen LogP contribution in [0, 0.1) is 0 Å². The molecular formula is C20H25N3O5S. The second kappa shape index (κ2) is 8.60. The minimum absolute atomic E-state index is 0.0518. The molecule has 3 rings (SSSR count). The van der Waals surface area contributed by atoms with E-state index < -0.39 is 10.0 Å². The summed E-state index contributed by atoms with van der Waals surface area (Å²) in [6.07, 6.45) is 0.900. The van der Waals surface area contributed by atoms with Crippen molar-refractivity contribution in [3.63, 3.8) is 0 Å². The Morgan fingerprint density at radius 1 is 1.00 bits per heavy atom. The highest BCUT2D eigenvalue weighted by Gasteiger charge is 2.29. The van der Waals surface area contributed by atoms with Crippen LogP contribution in [0.15, 0.2) is 47.4 Å². The summed E-state index contributed by atoms with van der Waals surface area (Å²) in [6.45, 7) is 4.01. The van der Waals surface area contributed by atoms with Gasteiger partial charge in [0, 0.05) is 43.5 Å². The van der Waals surface area contributed by atoms with E-state index in [0.717, 1.165) is 13.0 Å². The molecule has 0 unspecified atom stereocenters. The van der Waals surface area contributed by atoms with Crippen molar-refractivity contribution in [2.45, 2.75) is 18.2 Å². The molecule has 0 bridgehead atoms. The van der Waals surface area contributed by atoms with Crippen LogP contribution >= 0.6 is 0 Å². The van der Waals surface area contributed by atoms with Crippen LogP contribution in [-0.2, 0) is 10.0 Å². The molecule has 2 amide bonds. The highest BCUT2D eigenvalue weighted by Crippen LogP contribution is 2.28. The lowest BCUT2D eigenvalue weighted by atomic mass is 10.3. The number of anilines is 2. The third-order valence-corrected chi connectivity index (χ3v) is 6.05. The number of carbonyl (C=O) groups excluding carboxylic acids is 1. The number of urea groups is 1. The van der Waals surface area contributed by atoms with E-state index in [2.05, 4.69) is 4.72 Å². The SMILES string of the molecule is CCCN1CCN(c2ccc(S(=O)(=O)Nc3cc(OC)cc(OC)c3)cc2)C1=O. The van der Waals surface area contributed by atoms with E-state index in [1.807, 2.05) is 6.92 Å². The third kappa shape index (κ3) is 4.56. The van der Waals surface area contributed by atoms with Crippen LogP contribution in [0.25, 0.3) is 0 Å². The first kappa shape index (κ1) is 20.8. The van der Waals surface area contributed by atoms with E-state index in [-0.39, 0.29) is 10.9 Å². The molecule has 2 aromatic carbocycles. The molecule has 1 saturated heterocycles. The molecule has 0 spiro atoms. The van der Waals surface area contributed by atoms with Crippen LogP contribution in [0.5, 0.6) is 11.5 Å². The Labute approximate surface area is 171 Å². The van der Waals surface area contributed by atoms with Crippen molar-refractivity contribution in [1.29, 1.82) is 0 Å². The fraction of sp³-hybridized carbons (Fsp3) is 0.350. The molecule has 0 aromatic heterocycles. The quantitative estimate of drug-likeness (QED) is 0.710. The summed E-state index contributed by atoms with van der Waals surface area (Å²) in [5, 5.41) is 0. The van der Waals surface area contributed by atoms with E-state index in [0.29, 0.717) is 36.0 Å². The van der Waals surface area contributed by atoms with Crippen molar-refractivity contribution in [1.82, 2.24) is 4.90 Å². The zero-order valence-electron chi connectivity index (χ0n) is 16.7. The van der Waals surface area contributed by atoms with Gasteiger partial charge < -0.3 is 14.4 Å². The van der Waals surface area contributed by atoms with Gasteiger partial charge in [0.15, 0.2) is 0 Å². The zero-order valence-corrected chi connectivity index (χ0v) is 17.5. The maximum Gasteiger partial charge on any atom is 0.324 e. The van der Waals surface area contributed by atoms with Crippen molar-refractivity contribution < 1.29 is 22.7 Å². The number of ether oxygens (including phenoxy) is 2. The van der Waals surface area contributed by atoms with Crippen molar-refractivity contribution in [2.75, 3.05) is 43.5 Å². The Kier molecular flexibility index (Phi) is 6.17. The number of amides is 2. The number of methoxy groups -OCH3 is 2. The number of benzene rings is 2. The predicted molar refractivity (Wildman–Crippen MR) is 111 cm³/mol. The molecule has 156 valence electrons. The summed E-state index contributed by atoms with van der Waals surface area (Å²) in [4.78, 5) is 16.0. The Bertz CT molecular complexity index is 954. The largest absolute Gasteiger partial charge is 0.497 e. The molecule has 2 aromatic rings. The minimum atomic E-state index is -3.81. The summed E-state index contributed by atoms with van der Waals surface area (Å²) < 4.78 is 38.4. The Morgan fingerprint density at radius 3 is 2.17 bits per heavy atom. The molecule has 8 nitrogen and oxygen atoms in total. The number of rotatable bonds is 8. The van der Waals surface area contributed by atoms with Crippen LogP contribution in [0.2, 0.25) is 0 Å². The van der Waals surface area contributed by atoms with Crippen molar-refractivity contribution >= 4 is 27.4 Å². The van der Waals surface area contributed by atoms with Crippen LogP contribution in [0.3, 0.4) is 0 Å². The average molecular weight is 420 g/mol. The summed E-state index contributed by atoms with van der Waals surface area (Å²) in [6, 6.07) is 11.0. The van der Waals surface area contributed by atoms with Crippen LogP contribution in [0.1, 0.15) is 13.3 Å². The molecule has 29 heavy (non-hydrogen) atoms. The number of hydrogen-bond acceptors (Lipinski definition) is 5. The van der Waals surface area contributed by atoms with E-state index in [4.69, 9.17) is 9.47 Å². The van der Waals surface area contributed by atoms with Gasteiger partial charge in [-0.1, -0.05) is 6.92 Å². The van der Waals surface area contributed by atoms with Crippen molar-refractivity contribution in [2.24, 2.45) is 0 Å². The van der Waals surface area contributed by atoms with Crippen LogP contribution in [-0.4, -0.2) is 53.2 Å². The number of sulfonamides is 1. The monoisotopic (exact) mass is 419 g/mol. The van der Waals surface area contributed by atoms with Gasteiger partial charge in [-0.15, -0.1) is 0 Å². The molecule has 0 saturated carbocycles. The number of hydrogen-bond donors (Lipinski definition) is 1. The summed E-state index contributed by atoms with van der Waals surface area (Å²) in [5.74, 6) is 0.947. The van der Waals surface area contributed by atoms with Gasteiger partial charge in [-0.05, 0) is 30.7 Å². The smallest absolute Gasteiger partial charge is 0.324 e. The van der Waals surface area contributed by atoms with Gasteiger partial charge in [-0.3, -0.25) is 9.62 Å². The van der Waals surface area contributed by atoms with E-state index >= 15 is 0 Å². The number of carbonyl (C=O) groups is 1. The van der Waals surface area contributed by atoms with Gasteiger partial charge in [-0.25, -0.2) is 13.2 Å². The molecule has 1 aliphatic rings. The molecular weight excluding hydrogens is 394 g/mol. The van der Waals surface area contributed by atoms with E-state index in [1.54, 1.807) is 40.1 Å². The lowest BCUT2D eigenvalue weighted by molar-refractivity contribution is 0.220. The fourth-order valence-electron chi connectivity index (χ4n) is 3.19. The molecule has 9 heteroatoms. The Balaban J connectivity index is 1.78. The summed E-state index contributed by atoms with van der Waals surface area (Å²) in [5.41, 5.74) is 1.01. The van der Waals surface area contributed by atoms with Gasteiger partial charge in [0.05, 0.1) is 24.8 Å². The highest BCUT2D eigenvalue weighted by atomic mass is 32.2. The third-order valence-electron chi connectivity index (χ3n) is 4.65. The Morgan fingerprint density at radius 2 is 1.62 bits per heavy atom. The average Bonchev–Trinajstić information content (AvgIpc) is 3.08. The first-order chi connectivity index (χ1) is 13.9.